The number of nitrogens with zero attached hydrogens (tertiary/aromatic N) is 2. The molecule has 1 aromatic heterocycles. The van der Waals surface area contributed by atoms with Gasteiger partial charge in [0.1, 0.15) is 18.4 Å². The van der Waals surface area contributed by atoms with E-state index in [1.54, 1.807) is 6.20 Å². The maximum absolute atomic E-state index is 13.1. The van der Waals surface area contributed by atoms with Gasteiger partial charge >= 0.3 is 0 Å². The van der Waals surface area contributed by atoms with Crippen molar-refractivity contribution in [3.63, 3.8) is 0 Å². The second kappa shape index (κ2) is 7.93. The zero-order valence-electron chi connectivity index (χ0n) is 13.9. The number of benzene rings is 1. The lowest BCUT2D eigenvalue weighted by Gasteiger charge is -2.26. The highest BCUT2D eigenvalue weighted by atomic mass is 16.5. The van der Waals surface area contributed by atoms with Crippen LogP contribution in [-0.4, -0.2) is 42.0 Å². The van der Waals surface area contributed by atoms with Gasteiger partial charge in [0, 0.05) is 43.5 Å². The van der Waals surface area contributed by atoms with E-state index in [1.807, 2.05) is 54.3 Å². The van der Waals surface area contributed by atoms with E-state index in [4.69, 9.17) is 4.74 Å². The van der Waals surface area contributed by atoms with E-state index in [1.165, 1.54) is 0 Å². The molecule has 2 aromatic rings. The first-order valence-corrected chi connectivity index (χ1v) is 8.43. The van der Waals surface area contributed by atoms with Crippen LogP contribution in [0.2, 0.25) is 0 Å². The van der Waals surface area contributed by atoms with Crippen LogP contribution >= 0.6 is 0 Å². The Morgan fingerprint density at radius 2 is 2.12 bits per heavy atom. The van der Waals surface area contributed by atoms with Gasteiger partial charge in [-0.05, 0) is 25.1 Å². The van der Waals surface area contributed by atoms with Crippen LogP contribution in [0.1, 0.15) is 24.2 Å². The highest BCUT2D eigenvalue weighted by Crippen LogP contribution is 2.28. The highest BCUT2D eigenvalue weighted by molar-refractivity contribution is 5.84. The summed E-state index contributed by atoms with van der Waals surface area (Å²) >= 11 is 0. The molecule has 126 valence electrons. The molecule has 0 aliphatic carbocycles. The third-order valence-electron chi connectivity index (χ3n) is 4.24. The number of amides is 1. The molecule has 5 heteroatoms. The molecular formula is C19H23N3O2. The summed E-state index contributed by atoms with van der Waals surface area (Å²) in [5.74, 6) is 0.882. The summed E-state index contributed by atoms with van der Waals surface area (Å²) in [5.41, 5.74) is 1.91. The number of carbonyl (C=O) groups is 1. The number of carbonyl (C=O) groups excluding carboxylic acids is 1. The van der Waals surface area contributed by atoms with Gasteiger partial charge in [-0.15, -0.1) is 0 Å². The number of rotatable bonds is 5. The number of nitrogens with one attached hydrogen (secondary N) is 1. The largest absolute Gasteiger partial charge is 0.492 e. The van der Waals surface area contributed by atoms with Gasteiger partial charge in [0.15, 0.2) is 0 Å². The van der Waals surface area contributed by atoms with Crippen molar-refractivity contribution in [3.05, 3.63) is 59.9 Å². The first-order chi connectivity index (χ1) is 11.8. The molecule has 5 nitrogen and oxygen atoms in total. The van der Waals surface area contributed by atoms with Gasteiger partial charge in [0.25, 0.3) is 0 Å². The van der Waals surface area contributed by atoms with Gasteiger partial charge in [-0.1, -0.05) is 24.3 Å². The summed E-state index contributed by atoms with van der Waals surface area (Å²) in [6.45, 7) is 4.57. The Bertz CT molecular complexity index is 675. The number of ether oxygens (including phenoxy) is 1. The molecule has 0 saturated carbocycles. The monoisotopic (exact) mass is 325 g/mol. The molecule has 0 saturated heterocycles. The Hall–Kier alpha value is -2.40. The fourth-order valence-corrected chi connectivity index (χ4v) is 2.95. The van der Waals surface area contributed by atoms with Gasteiger partial charge in [-0.25, -0.2) is 0 Å². The van der Waals surface area contributed by atoms with E-state index < -0.39 is 0 Å². The maximum atomic E-state index is 13.1. The molecule has 0 radical (unpaired) electrons. The molecule has 1 amide bonds. The van der Waals surface area contributed by atoms with E-state index in [-0.39, 0.29) is 11.9 Å². The summed E-state index contributed by atoms with van der Waals surface area (Å²) in [6.07, 6.45) is 2.54. The topological polar surface area (TPSA) is 54.5 Å². The molecule has 1 aliphatic rings. The van der Waals surface area contributed by atoms with Crippen molar-refractivity contribution in [2.24, 2.45) is 0 Å². The van der Waals surface area contributed by atoms with Gasteiger partial charge in [0.2, 0.25) is 5.91 Å². The molecular weight excluding hydrogens is 302 g/mol. The van der Waals surface area contributed by atoms with Gasteiger partial charge in [-0.3, -0.25) is 15.1 Å². The number of hydrogen-bond donors (Lipinski definition) is 1. The average molecular weight is 325 g/mol. The Kier molecular flexibility index (Phi) is 5.43. The maximum Gasteiger partial charge on any atom is 0.244 e. The van der Waals surface area contributed by atoms with Crippen molar-refractivity contribution in [3.8, 4) is 5.75 Å². The van der Waals surface area contributed by atoms with E-state index in [2.05, 4.69) is 10.3 Å². The smallest absolute Gasteiger partial charge is 0.244 e. The average Bonchev–Trinajstić information content (AvgIpc) is 2.85. The zero-order chi connectivity index (χ0) is 16.8. The van der Waals surface area contributed by atoms with Gasteiger partial charge in [-0.2, -0.15) is 0 Å². The minimum Gasteiger partial charge on any atom is -0.492 e. The van der Waals surface area contributed by atoms with Crippen LogP contribution in [0.4, 0.5) is 0 Å². The van der Waals surface area contributed by atoms with Gasteiger partial charge < -0.3 is 9.64 Å². The minimum absolute atomic E-state index is 0.0892. The molecule has 1 aliphatic heterocycles. The third kappa shape index (κ3) is 3.74. The summed E-state index contributed by atoms with van der Waals surface area (Å²) in [6, 6.07) is 13.3. The Morgan fingerprint density at radius 1 is 1.29 bits per heavy atom. The number of pyridine rings is 1. The van der Waals surface area contributed by atoms with Crippen LogP contribution in [-0.2, 0) is 11.2 Å². The molecule has 1 unspecified atom stereocenters. The third-order valence-corrected chi connectivity index (χ3v) is 4.24. The molecule has 1 aromatic carbocycles. The standard InChI is InChI=1S/C19H23N3O2/c1-2-22(13-10-15-7-5-6-11-20-15)19(23)18-16-8-3-4-9-17(16)24-14-12-21-18/h3-9,11,18,21H,2,10,12-14H2,1H3. The summed E-state index contributed by atoms with van der Waals surface area (Å²) in [7, 11) is 0. The number of aromatic nitrogens is 1. The van der Waals surface area contributed by atoms with Crippen molar-refractivity contribution in [1.29, 1.82) is 0 Å². The highest BCUT2D eigenvalue weighted by Gasteiger charge is 2.28. The van der Waals surface area contributed by atoms with Crippen molar-refractivity contribution < 1.29 is 9.53 Å². The second-order valence-corrected chi connectivity index (χ2v) is 5.76. The lowest BCUT2D eigenvalue weighted by molar-refractivity contribution is -0.133. The van der Waals surface area contributed by atoms with Crippen molar-refractivity contribution in [2.75, 3.05) is 26.2 Å². The van der Waals surface area contributed by atoms with E-state index in [0.717, 1.165) is 23.4 Å². The normalized spacial score (nSPS) is 16.6. The molecule has 3 rings (SSSR count). The van der Waals surface area contributed by atoms with Crippen LogP contribution in [0, 0.1) is 0 Å². The van der Waals surface area contributed by atoms with Crippen LogP contribution < -0.4 is 10.1 Å². The van der Waals surface area contributed by atoms with Crippen LogP contribution in [0.25, 0.3) is 0 Å². The van der Waals surface area contributed by atoms with Crippen molar-refractivity contribution in [1.82, 2.24) is 15.2 Å². The summed E-state index contributed by atoms with van der Waals surface area (Å²) < 4.78 is 5.73. The predicted molar refractivity (Wildman–Crippen MR) is 92.9 cm³/mol. The Balaban J connectivity index is 1.73. The molecule has 1 N–H and O–H groups in total. The molecule has 0 bridgehead atoms. The zero-order valence-corrected chi connectivity index (χ0v) is 13.9. The predicted octanol–water partition coefficient (Wildman–Crippen LogP) is 2.20. The first kappa shape index (κ1) is 16.5. The molecule has 0 spiro atoms. The quantitative estimate of drug-likeness (QED) is 0.916. The first-order valence-electron chi connectivity index (χ1n) is 8.43. The fourth-order valence-electron chi connectivity index (χ4n) is 2.95. The number of fused-ring (bicyclic) bond motifs is 1. The van der Waals surface area contributed by atoms with Crippen molar-refractivity contribution in [2.45, 2.75) is 19.4 Å². The van der Waals surface area contributed by atoms with E-state index in [9.17, 15) is 4.79 Å². The minimum atomic E-state index is -0.354. The number of likely N-dealkylation sites (N-methyl/N-ethyl adjacent to an activating group) is 1. The van der Waals surface area contributed by atoms with E-state index in [0.29, 0.717) is 26.2 Å². The Morgan fingerprint density at radius 3 is 2.92 bits per heavy atom. The number of para-hydroxylation sites is 1. The molecule has 24 heavy (non-hydrogen) atoms. The Labute approximate surface area is 142 Å². The summed E-state index contributed by atoms with van der Waals surface area (Å²) in [4.78, 5) is 19.3. The van der Waals surface area contributed by atoms with Crippen LogP contribution in [0.5, 0.6) is 5.75 Å². The van der Waals surface area contributed by atoms with Crippen molar-refractivity contribution >= 4 is 5.91 Å². The summed E-state index contributed by atoms with van der Waals surface area (Å²) in [5, 5.41) is 3.32. The molecule has 0 fully saturated rings. The lowest BCUT2D eigenvalue weighted by Crippen LogP contribution is -2.42. The SMILES string of the molecule is CCN(CCc1ccccn1)C(=O)C1NCCOc2ccccc21. The molecule has 1 atom stereocenters. The molecule has 2 heterocycles. The van der Waals surface area contributed by atoms with E-state index >= 15 is 0 Å². The lowest BCUT2D eigenvalue weighted by atomic mass is 10.0. The fraction of sp³-hybridized carbons (Fsp3) is 0.368. The van der Waals surface area contributed by atoms with Crippen LogP contribution in [0.15, 0.2) is 48.7 Å². The van der Waals surface area contributed by atoms with Gasteiger partial charge in [0.05, 0.1) is 0 Å². The second-order valence-electron chi connectivity index (χ2n) is 5.76. The number of hydrogen-bond acceptors (Lipinski definition) is 4. The van der Waals surface area contributed by atoms with Crippen LogP contribution in [0.3, 0.4) is 0 Å².